The summed E-state index contributed by atoms with van der Waals surface area (Å²) >= 11 is 0. The monoisotopic (exact) mass is 168 g/mol. The van der Waals surface area contributed by atoms with Crippen LogP contribution in [-0.2, 0) is 11.3 Å². The first kappa shape index (κ1) is 7.54. The lowest BCUT2D eigenvalue weighted by molar-refractivity contribution is 0.181. The molecule has 0 saturated carbocycles. The molecule has 0 amide bonds. The van der Waals surface area contributed by atoms with Gasteiger partial charge in [0.15, 0.2) is 5.82 Å². The number of rotatable bonds is 2. The lowest BCUT2D eigenvalue weighted by atomic mass is 10.1. The summed E-state index contributed by atoms with van der Waals surface area (Å²) in [5.41, 5.74) is 5.43. The van der Waals surface area contributed by atoms with E-state index < -0.39 is 0 Å². The van der Waals surface area contributed by atoms with Crippen molar-refractivity contribution in [2.24, 2.45) is 5.92 Å². The topological polar surface area (TPSA) is 66.0 Å². The molecule has 1 aromatic heterocycles. The molecule has 0 aliphatic carbocycles. The van der Waals surface area contributed by atoms with Crippen LogP contribution in [0, 0.1) is 5.92 Å². The van der Waals surface area contributed by atoms with Crippen molar-refractivity contribution in [3.8, 4) is 0 Å². The summed E-state index contributed by atoms with van der Waals surface area (Å²) in [6, 6.07) is 0. The second-order valence-electron chi connectivity index (χ2n) is 3.10. The molecule has 5 nitrogen and oxygen atoms in total. The van der Waals surface area contributed by atoms with Gasteiger partial charge in [-0.25, -0.2) is 4.68 Å². The van der Waals surface area contributed by atoms with Crippen LogP contribution in [0.2, 0.25) is 0 Å². The first-order valence-electron chi connectivity index (χ1n) is 4.08. The van der Waals surface area contributed by atoms with Crippen LogP contribution in [0.3, 0.4) is 0 Å². The highest BCUT2D eigenvalue weighted by molar-refractivity contribution is 5.19. The van der Waals surface area contributed by atoms with Gasteiger partial charge in [0.05, 0.1) is 12.8 Å². The summed E-state index contributed by atoms with van der Waals surface area (Å²) in [6.07, 6.45) is 2.86. The van der Waals surface area contributed by atoms with Crippen LogP contribution in [0.1, 0.15) is 6.42 Å². The Morgan fingerprint density at radius 3 is 3.25 bits per heavy atom. The molecule has 1 aliphatic rings. The first-order valence-corrected chi connectivity index (χ1v) is 4.08. The van der Waals surface area contributed by atoms with E-state index in [1.807, 2.05) is 0 Å². The van der Waals surface area contributed by atoms with Gasteiger partial charge < -0.3 is 10.5 Å². The van der Waals surface area contributed by atoms with Crippen LogP contribution in [0.15, 0.2) is 6.20 Å². The van der Waals surface area contributed by atoms with Gasteiger partial charge in [-0.15, -0.1) is 5.10 Å². The zero-order chi connectivity index (χ0) is 8.39. The smallest absolute Gasteiger partial charge is 0.165 e. The lowest BCUT2D eigenvalue weighted by Gasteiger charge is -2.04. The first-order chi connectivity index (χ1) is 5.84. The maximum Gasteiger partial charge on any atom is 0.165 e. The molecule has 1 unspecified atom stereocenters. The number of nitrogen functional groups attached to an aromatic ring is 1. The standard InChI is InChI=1S/C7H12N4O/c8-7-4-11(10-9-7)3-6-1-2-12-5-6/h4,6H,1-3,5,8H2. The van der Waals surface area contributed by atoms with Crippen LogP contribution in [0.25, 0.3) is 0 Å². The van der Waals surface area contributed by atoms with Gasteiger partial charge >= 0.3 is 0 Å². The molecule has 0 aromatic carbocycles. The predicted molar refractivity (Wildman–Crippen MR) is 43.4 cm³/mol. The van der Waals surface area contributed by atoms with Crippen molar-refractivity contribution in [2.75, 3.05) is 18.9 Å². The van der Waals surface area contributed by atoms with E-state index in [0.29, 0.717) is 11.7 Å². The molecule has 66 valence electrons. The summed E-state index contributed by atoms with van der Waals surface area (Å²) in [7, 11) is 0. The largest absolute Gasteiger partial charge is 0.381 e. The molecular formula is C7H12N4O. The molecular weight excluding hydrogens is 156 g/mol. The van der Waals surface area contributed by atoms with Gasteiger partial charge in [-0.3, -0.25) is 0 Å². The van der Waals surface area contributed by atoms with E-state index in [-0.39, 0.29) is 0 Å². The maximum absolute atomic E-state index is 5.43. The van der Waals surface area contributed by atoms with Crippen molar-refractivity contribution < 1.29 is 4.74 Å². The average molecular weight is 168 g/mol. The minimum Gasteiger partial charge on any atom is -0.381 e. The average Bonchev–Trinajstić information content (AvgIpc) is 2.63. The number of ether oxygens (including phenoxy) is 1. The van der Waals surface area contributed by atoms with Crippen LogP contribution in [0.4, 0.5) is 5.82 Å². The van der Waals surface area contributed by atoms with Crippen molar-refractivity contribution in [1.29, 1.82) is 0 Å². The zero-order valence-corrected chi connectivity index (χ0v) is 6.81. The normalized spacial score (nSPS) is 23.2. The Balaban J connectivity index is 1.94. The zero-order valence-electron chi connectivity index (χ0n) is 6.81. The van der Waals surface area contributed by atoms with Gasteiger partial charge in [-0.1, -0.05) is 5.21 Å². The highest BCUT2D eigenvalue weighted by Crippen LogP contribution is 2.14. The second kappa shape index (κ2) is 3.10. The molecule has 12 heavy (non-hydrogen) atoms. The fourth-order valence-electron chi connectivity index (χ4n) is 1.39. The molecule has 1 aromatic rings. The molecule has 0 spiro atoms. The van der Waals surface area contributed by atoms with Crippen molar-refractivity contribution in [3.05, 3.63) is 6.20 Å². The van der Waals surface area contributed by atoms with Crippen molar-refractivity contribution in [2.45, 2.75) is 13.0 Å². The van der Waals surface area contributed by atoms with Crippen LogP contribution >= 0.6 is 0 Å². The molecule has 2 heterocycles. The summed E-state index contributed by atoms with van der Waals surface area (Å²) < 4.78 is 7.02. The Morgan fingerprint density at radius 2 is 2.67 bits per heavy atom. The van der Waals surface area contributed by atoms with Gasteiger partial charge in [0, 0.05) is 19.1 Å². The van der Waals surface area contributed by atoms with Gasteiger partial charge in [-0.05, 0) is 6.42 Å². The fraction of sp³-hybridized carbons (Fsp3) is 0.714. The van der Waals surface area contributed by atoms with Crippen LogP contribution < -0.4 is 5.73 Å². The maximum atomic E-state index is 5.43. The highest BCUT2D eigenvalue weighted by atomic mass is 16.5. The number of nitrogens with zero attached hydrogens (tertiary/aromatic N) is 3. The van der Waals surface area contributed by atoms with Crippen molar-refractivity contribution in [3.63, 3.8) is 0 Å². The molecule has 2 N–H and O–H groups in total. The molecule has 0 bridgehead atoms. The van der Waals surface area contributed by atoms with Gasteiger partial charge in [0.1, 0.15) is 0 Å². The Kier molecular flexibility index (Phi) is 1.95. The van der Waals surface area contributed by atoms with E-state index >= 15 is 0 Å². The summed E-state index contributed by atoms with van der Waals surface area (Å²) in [4.78, 5) is 0. The molecule has 1 fully saturated rings. The van der Waals surface area contributed by atoms with Gasteiger partial charge in [0.25, 0.3) is 0 Å². The third-order valence-corrected chi connectivity index (χ3v) is 2.03. The SMILES string of the molecule is Nc1cn(CC2CCOC2)nn1. The summed E-state index contributed by atoms with van der Waals surface area (Å²) in [5.74, 6) is 1.06. The van der Waals surface area contributed by atoms with E-state index in [0.717, 1.165) is 26.2 Å². The number of hydrogen-bond donors (Lipinski definition) is 1. The van der Waals surface area contributed by atoms with E-state index in [2.05, 4.69) is 10.3 Å². The van der Waals surface area contributed by atoms with E-state index in [1.54, 1.807) is 10.9 Å². The molecule has 2 rings (SSSR count). The molecule has 0 radical (unpaired) electrons. The van der Waals surface area contributed by atoms with Gasteiger partial charge in [0.2, 0.25) is 0 Å². The van der Waals surface area contributed by atoms with Crippen LogP contribution in [0.5, 0.6) is 0 Å². The summed E-state index contributed by atoms with van der Waals surface area (Å²) in [6.45, 7) is 2.57. The third-order valence-electron chi connectivity index (χ3n) is 2.03. The van der Waals surface area contributed by atoms with E-state index in [9.17, 15) is 0 Å². The lowest BCUT2D eigenvalue weighted by Crippen LogP contribution is -2.10. The van der Waals surface area contributed by atoms with E-state index in [1.165, 1.54) is 0 Å². The molecule has 1 saturated heterocycles. The van der Waals surface area contributed by atoms with Crippen molar-refractivity contribution in [1.82, 2.24) is 15.0 Å². The van der Waals surface area contributed by atoms with Gasteiger partial charge in [-0.2, -0.15) is 0 Å². The van der Waals surface area contributed by atoms with E-state index in [4.69, 9.17) is 10.5 Å². The minimum absolute atomic E-state index is 0.480. The molecule has 5 heteroatoms. The van der Waals surface area contributed by atoms with Crippen LogP contribution in [-0.4, -0.2) is 28.2 Å². The number of nitrogens with two attached hydrogens (primary N) is 1. The molecule has 1 aliphatic heterocycles. The highest BCUT2D eigenvalue weighted by Gasteiger charge is 2.16. The Morgan fingerprint density at radius 1 is 1.75 bits per heavy atom. The Bertz CT molecular complexity index is 254. The molecule has 1 atom stereocenters. The number of anilines is 1. The minimum atomic E-state index is 0.480. The van der Waals surface area contributed by atoms with Crippen molar-refractivity contribution >= 4 is 5.82 Å². The third kappa shape index (κ3) is 1.55. The summed E-state index contributed by atoms with van der Waals surface area (Å²) in [5, 5.41) is 7.57. The Labute approximate surface area is 70.5 Å². The number of hydrogen-bond acceptors (Lipinski definition) is 4. The predicted octanol–water partition coefficient (Wildman–Crippen LogP) is -0.103. The quantitative estimate of drug-likeness (QED) is 0.669. The fourth-order valence-corrected chi connectivity index (χ4v) is 1.39. The number of aromatic nitrogens is 3. The second-order valence-corrected chi connectivity index (χ2v) is 3.10. The Hall–Kier alpha value is -1.10.